The summed E-state index contributed by atoms with van der Waals surface area (Å²) in [6.45, 7) is 1.46. The Morgan fingerprint density at radius 3 is 2.81 bits per heavy atom. The van der Waals surface area contributed by atoms with E-state index in [1.54, 1.807) is 11.6 Å². The second kappa shape index (κ2) is 7.16. The lowest BCUT2D eigenvalue weighted by molar-refractivity contribution is 0.0100. The highest BCUT2D eigenvalue weighted by molar-refractivity contribution is 5.97. The molecule has 0 spiro atoms. The van der Waals surface area contributed by atoms with E-state index in [4.69, 9.17) is 4.74 Å². The topological polar surface area (TPSA) is 81.5 Å². The van der Waals surface area contributed by atoms with Crippen molar-refractivity contribution in [3.63, 3.8) is 0 Å². The van der Waals surface area contributed by atoms with E-state index in [-0.39, 0.29) is 30.8 Å². The number of aromatic amines is 1. The lowest BCUT2D eigenvalue weighted by Gasteiger charge is -2.30. The maximum absolute atomic E-state index is 15.5. The van der Waals surface area contributed by atoms with Gasteiger partial charge in [-0.2, -0.15) is 10.2 Å². The fourth-order valence-corrected chi connectivity index (χ4v) is 4.21. The molecule has 0 fully saturated rings. The van der Waals surface area contributed by atoms with Crippen LogP contribution in [0.3, 0.4) is 0 Å². The van der Waals surface area contributed by atoms with Crippen LogP contribution in [0, 0.1) is 18.6 Å². The molecule has 4 aromatic rings. The number of methoxy groups -OCH3 is 1. The molecule has 1 aliphatic rings. The minimum absolute atomic E-state index is 0.0371. The second-order valence-corrected chi connectivity index (χ2v) is 7.79. The van der Waals surface area contributed by atoms with Crippen LogP contribution in [0.2, 0.25) is 0 Å². The van der Waals surface area contributed by atoms with Gasteiger partial charge >= 0.3 is 0 Å². The summed E-state index contributed by atoms with van der Waals surface area (Å²) in [5.74, 6) is -1.01. The molecule has 4 aromatic heterocycles. The zero-order valence-electron chi connectivity index (χ0n) is 16.9. The molecule has 1 atom stereocenters. The van der Waals surface area contributed by atoms with Crippen LogP contribution in [0.1, 0.15) is 17.8 Å². The Morgan fingerprint density at radius 1 is 1.23 bits per heavy atom. The summed E-state index contributed by atoms with van der Waals surface area (Å²) in [5.41, 5.74) is 1.20. The SMILES string of the molecule is COC[C@@]1(F)CCc2c(-c3c(F)c(C)nc4[nH]ncc34)c(-c3ccc(F)cn3)nn2C1. The fourth-order valence-electron chi connectivity index (χ4n) is 4.21. The number of aryl methyl sites for hydroxylation is 1. The number of rotatable bonds is 4. The van der Waals surface area contributed by atoms with Gasteiger partial charge in [0.15, 0.2) is 17.1 Å². The van der Waals surface area contributed by atoms with Crippen LogP contribution < -0.4 is 0 Å². The van der Waals surface area contributed by atoms with E-state index in [0.717, 1.165) is 6.20 Å². The molecule has 160 valence electrons. The first-order chi connectivity index (χ1) is 14.9. The zero-order chi connectivity index (χ0) is 21.8. The molecule has 5 heterocycles. The van der Waals surface area contributed by atoms with Gasteiger partial charge in [0.25, 0.3) is 0 Å². The zero-order valence-corrected chi connectivity index (χ0v) is 16.9. The van der Waals surface area contributed by atoms with Crippen LogP contribution in [0.15, 0.2) is 24.5 Å². The molecule has 5 rings (SSSR count). The average Bonchev–Trinajstić information content (AvgIpc) is 3.33. The molecular weight excluding hydrogens is 409 g/mol. The Balaban J connectivity index is 1.80. The first kappa shape index (κ1) is 19.7. The highest BCUT2D eigenvalue weighted by Gasteiger charge is 2.38. The van der Waals surface area contributed by atoms with Gasteiger partial charge in [0.1, 0.15) is 11.5 Å². The highest BCUT2D eigenvalue weighted by atomic mass is 19.1. The van der Waals surface area contributed by atoms with E-state index in [2.05, 4.69) is 25.3 Å². The Hall–Kier alpha value is -3.27. The van der Waals surface area contributed by atoms with Crippen molar-refractivity contribution in [3.05, 3.63) is 47.5 Å². The lowest BCUT2D eigenvalue weighted by Crippen LogP contribution is -2.39. The Kier molecular flexibility index (Phi) is 4.54. The number of halogens is 3. The van der Waals surface area contributed by atoms with E-state index < -0.39 is 17.3 Å². The van der Waals surface area contributed by atoms with Gasteiger partial charge in [-0.15, -0.1) is 0 Å². The van der Waals surface area contributed by atoms with E-state index in [1.807, 2.05) is 0 Å². The standard InChI is InChI=1S/C21H19F3N6O/c1-11-18(23)16(13-8-26-28-20(13)27-11)17-15-5-6-21(24,10-31-2)9-30(15)29-19(17)14-4-3-12(22)7-25-14/h3-4,7-8H,5-6,9-10H2,1-2H3,(H,26,27,28)/t21-/m1/s1. The maximum Gasteiger partial charge on any atom is 0.156 e. The molecule has 0 radical (unpaired) electrons. The van der Waals surface area contributed by atoms with Gasteiger partial charge in [0, 0.05) is 29.3 Å². The molecule has 0 aromatic carbocycles. The molecule has 7 nitrogen and oxygen atoms in total. The molecular formula is C21H19F3N6O. The maximum atomic E-state index is 15.5. The summed E-state index contributed by atoms with van der Waals surface area (Å²) in [7, 11) is 1.45. The second-order valence-electron chi connectivity index (χ2n) is 7.79. The summed E-state index contributed by atoms with van der Waals surface area (Å²) in [4.78, 5) is 8.36. The van der Waals surface area contributed by atoms with E-state index in [1.165, 1.54) is 25.4 Å². The molecule has 0 aliphatic carbocycles. The summed E-state index contributed by atoms with van der Waals surface area (Å²) in [5, 5.41) is 11.8. The van der Waals surface area contributed by atoms with Crippen molar-refractivity contribution in [3.8, 4) is 22.5 Å². The van der Waals surface area contributed by atoms with Crippen molar-refractivity contribution >= 4 is 11.0 Å². The molecule has 1 aliphatic heterocycles. The number of nitrogens with zero attached hydrogens (tertiary/aromatic N) is 5. The number of ether oxygens (including phenoxy) is 1. The van der Waals surface area contributed by atoms with Gasteiger partial charge in [-0.25, -0.2) is 18.2 Å². The molecule has 0 saturated carbocycles. The van der Waals surface area contributed by atoms with Crippen LogP contribution >= 0.6 is 0 Å². The minimum atomic E-state index is -1.59. The molecule has 0 unspecified atom stereocenters. The molecule has 31 heavy (non-hydrogen) atoms. The number of H-pyrrole nitrogens is 1. The van der Waals surface area contributed by atoms with Gasteiger partial charge in [0.2, 0.25) is 0 Å². The predicted octanol–water partition coefficient (Wildman–Crippen LogP) is 3.77. The van der Waals surface area contributed by atoms with Crippen LogP contribution in [0.4, 0.5) is 13.2 Å². The quantitative estimate of drug-likeness (QED) is 0.535. The number of aromatic nitrogens is 6. The first-order valence-electron chi connectivity index (χ1n) is 9.79. The Labute approximate surface area is 175 Å². The molecule has 1 N–H and O–H groups in total. The Bertz CT molecular complexity index is 1280. The molecule has 0 bridgehead atoms. The van der Waals surface area contributed by atoms with Crippen LogP contribution in [-0.4, -0.2) is 49.3 Å². The summed E-state index contributed by atoms with van der Waals surface area (Å²) < 4.78 is 50.8. The number of pyridine rings is 2. The first-order valence-corrected chi connectivity index (χ1v) is 9.79. The van der Waals surface area contributed by atoms with Crippen molar-refractivity contribution in [2.75, 3.05) is 13.7 Å². The van der Waals surface area contributed by atoms with Gasteiger partial charge in [-0.05, 0) is 31.9 Å². The number of nitrogens with one attached hydrogen (secondary N) is 1. The molecule has 0 amide bonds. The minimum Gasteiger partial charge on any atom is -0.381 e. The monoisotopic (exact) mass is 428 g/mol. The average molecular weight is 428 g/mol. The van der Waals surface area contributed by atoms with E-state index in [0.29, 0.717) is 40.1 Å². The van der Waals surface area contributed by atoms with Crippen molar-refractivity contribution in [2.24, 2.45) is 0 Å². The van der Waals surface area contributed by atoms with Gasteiger partial charge in [-0.1, -0.05) is 0 Å². The van der Waals surface area contributed by atoms with Gasteiger partial charge < -0.3 is 4.74 Å². The number of hydrogen-bond acceptors (Lipinski definition) is 5. The largest absolute Gasteiger partial charge is 0.381 e. The van der Waals surface area contributed by atoms with Crippen LogP contribution in [0.25, 0.3) is 33.5 Å². The van der Waals surface area contributed by atoms with Crippen molar-refractivity contribution in [2.45, 2.75) is 32.0 Å². The van der Waals surface area contributed by atoms with Crippen LogP contribution in [0.5, 0.6) is 0 Å². The Morgan fingerprint density at radius 2 is 2.06 bits per heavy atom. The predicted molar refractivity (Wildman–Crippen MR) is 107 cm³/mol. The third kappa shape index (κ3) is 3.18. The number of hydrogen-bond donors (Lipinski definition) is 1. The van der Waals surface area contributed by atoms with E-state index in [9.17, 15) is 4.39 Å². The lowest BCUT2D eigenvalue weighted by atomic mass is 9.90. The summed E-state index contributed by atoms with van der Waals surface area (Å²) in [6, 6.07) is 2.74. The van der Waals surface area contributed by atoms with Crippen molar-refractivity contribution in [1.29, 1.82) is 0 Å². The highest BCUT2D eigenvalue weighted by Crippen LogP contribution is 2.42. The molecule has 10 heteroatoms. The van der Waals surface area contributed by atoms with Gasteiger partial charge in [-0.3, -0.25) is 14.8 Å². The fraction of sp³-hybridized carbons (Fsp3) is 0.333. The third-order valence-corrected chi connectivity index (χ3v) is 5.63. The van der Waals surface area contributed by atoms with Crippen molar-refractivity contribution in [1.82, 2.24) is 29.9 Å². The molecule has 0 saturated heterocycles. The normalized spacial score (nSPS) is 18.5. The summed E-state index contributed by atoms with van der Waals surface area (Å²) >= 11 is 0. The number of fused-ring (bicyclic) bond motifs is 2. The van der Waals surface area contributed by atoms with Crippen LogP contribution in [-0.2, 0) is 17.7 Å². The smallest absolute Gasteiger partial charge is 0.156 e. The third-order valence-electron chi connectivity index (χ3n) is 5.63. The van der Waals surface area contributed by atoms with E-state index >= 15 is 8.78 Å². The number of alkyl halides is 1. The summed E-state index contributed by atoms with van der Waals surface area (Å²) in [6.07, 6.45) is 3.10. The van der Waals surface area contributed by atoms with Gasteiger partial charge in [0.05, 0.1) is 36.9 Å². The van der Waals surface area contributed by atoms with Crippen molar-refractivity contribution < 1.29 is 17.9 Å².